The summed E-state index contributed by atoms with van der Waals surface area (Å²) in [5, 5.41) is 9.42. The second-order valence-corrected chi connectivity index (χ2v) is 4.23. The molecule has 1 heterocycles. The molecule has 3 N–H and O–H groups in total. The molecule has 0 saturated carbocycles. The molecule has 0 atom stereocenters. The Hall–Kier alpha value is -0.860. The van der Waals surface area contributed by atoms with E-state index in [2.05, 4.69) is 67.3 Å². The van der Waals surface area contributed by atoms with Crippen molar-refractivity contribution in [2.45, 2.75) is 26.7 Å². The first-order valence-corrected chi connectivity index (χ1v) is 7.36. The Kier molecular flexibility index (Phi) is 6.90. The molecular weight excluding hydrogens is 331 g/mol. The molecule has 0 bridgehead atoms. The minimum atomic E-state index is 0.603. The van der Waals surface area contributed by atoms with Gasteiger partial charge in [0.2, 0.25) is 17.8 Å². The number of hydrogen-bond donors (Lipinski definition) is 3. The molecule has 0 amide bonds. The molecule has 6 nitrogen and oxygen atoms in total. The number of rotatable bonds is 8. The van der Waals surface area contributed by atoms with Crippen LogP contribution in [0.2, 0.25) is 0 Å². The number of hydrogen-bond acceptors (Lipinski definition) is 6. The average Bonchev–Trinajstić information content (AvgIpc) is 2.34. The van der Waals surface area contributed by atoms with Crippen molar-refractivity contribution in [1.29, 1.82) is 0 Å². The summed E-state index contributed by atoms with van der Waals surface area (Å²) in [6, 6.07) is 0. The first-order valence-electron chi connectivity index (χ1n) is 5.83. The third-order valence-electron chi connectivity index (χ3n) is 1.93. The maximum absolute atomic E-state index is 4.30. The van der Waals surface area contributed by atoms with Crippen LogP contribution in [0.15, 0.2) is 0 Å². The van der Waals surface area contributed by atoms with E-state index >= 15 is 0 Å². The van der Waals surface area contributed by atoms with E-state index in [1.165, 1.54) is 0 Å². The third kappa shape index (κ3) is 5.33. The van der Waals surface area contributed by atoms with Crippen molar-refractivity contribution >= 4 is 40.4 Å². The molecule has 0 radical (unpaired) electrons. The van der Waals surface area contributed by atoms with Crippen molar-refractivity contribution in [1.82, 2.24) is 15.0 Å². The highest BCUT2D eigenvalue weighted by Crippen LogP contribution is 2.09. The number of aromatic nitrogens is 3. The lowest BCUT2D eigenvalue weighted by atomic mass is 10.5. The first kappa shape index (κ1) is 14.2. The lowest BCUT2D eigenvalue weighted by Crippen LogP contribution is -2.12. The highest BCUT2D eigenvalue weighted by atomic mass is 127. The zero-order valence-corrected chi connectivity index (χ0v) is 12.4. The van der Waals surface area contributed by atoms with Crippen LogP contribution in [0.4, 0.5) is 17.8 Å². The highest BCUT2D eigenvalue weighted by molar-refractivity contribution is 14.1. The van der Waals surface area contributed by atoms with Gasteiger partial charge in [-0.25, -0.2) is 0 Å². The molecular formula is C10H19IN6. The van der Waals surface area contributed by atoms with Crippen LogP contribution in [-0.4, -0.2) is 32.6 Å². The van der Waals surface area contributed by atoms with Gasteiger partial charge in [0.1, 0.15) is 0 Å². The molecule has 1 aromatic rings. The predicted octanol–water partition coefficient (Wildman–Crippen LogP) is 2.32. The van der Waals surface area contributed by atoms with Gasteiger partial charge >= 0.3 is 0 Å². The Morgan fingerprint density at radius 1 is 0.824 bits per heavy atom. The fourth-order valence-corrected chi connectivity index (χ4v) is 1.49. The molecule has 0 aliphatic rings. The molecule has 0 aliphatic heterocycles. The van der Waals surface area contributed by atoms with Crippen LogP contribution in [0.25, 0.3) is 0 Å². The zero-order valence-electron chi connectivity index (χ0n) is 10.3. The number of nitrogens with one attached hydrogen (secondary N) is 3. The molecule has 0 unspecified atom stereocenters. The summed E-state index contributed by atoms with van der Waals surface area (Å²) >= 11 is 2.22. The maximum atomic E-state index is 4.30. The molecule has 0 fully saturated rings. The molecule has 96 valence electrons. The van der Waals surface area contributed by atoms with Crippen LogP contribution < -0.4 is 16.0 Å². The Morgan fingerprint density at radius 2 is 1.24 bits per heavy atom. The first-order chi connectivity index (χ1) is 8.30. The van der Waals surface area contributed by atoms with Crippen LogP contribution in [0, 0.1) is 0 Å². The van der Waals surface area contributed by atoms with Crippen molar-refractivity contribution in [3.8, 4) is 0 Å². The average molecular weight is 350 g/mol. The molecule has 17 heavy (non-hydrogen) atoms. The Balaban J connectivity index is 2.76. The molecule has 0 aromatic carbocycles. The monoisotopic (exact) mass is 350 g/mol. The second-order valence-electron chi connectivity index (χ2n) is 3.47. The summed E-state index contributed by atoms with van der Waals surface area (Å²) in [7, 11) is 0. The van der Waals surface area contributed by atoms with Crippen molar-refractivity contribution in [3.63, 3.8) is 0 Å². The molecule has 1 aromatic heterocycles. The van der Waals surface area contributed by atoms with E-state index in [4.69, 9.17) is 0 Å². The second kappa shape index (κ2) is 8.26. The zero-order chi connectivity index (χ0) is 12.5. The predicted molar refractivity (Wildman–Crippen MR) is 79.9 cm³/mol. The largest absolute Gasteiger partial charge is 0.354 e. The molecule has 7 heteroatoms. The maximum Gasteiger partial charge on any atom is 0.229 e. The van der Waals surface area contributed by atoms with Crippen LogP contribution in [-0.2, 0) is 0 Å². The summed E-state index contributed by atoms with van der Waals surface area (Å²) < 4.78 is 0.766. The van der Waals surface area contributed by atoms with Gasteiger partial charge in [0.05, 0.1) is 4.55 Å². The van der Waals surface area contributed by atoms with E-state index in [1.54, 1.807) is 0 Å². The van der Waals surface area contributed by atoms with E-state index in [0.717, 1.165) is 30.5 Å². The van der Waals surface area contributed by atoms with Gasteiger partial charge in [-0.05, 0) is 12.8 Å². The van der Waals surface area contributed by atoms with Gasteiger partial charge in [-0.1, -0.05) is 36.4 Å². The van der Waals surface area contributed by atoms with Crippen molar-refractivity contribution in [2.24, 2.45) is 0 Å². The topological polar surface area (TPSA) is 74.8 Å². The summed E-state index contributed by atoms with van der Waals surface area (Å²) in [4.78, 5) is 12.9. The lowest BCUT2D eigenvalue weighted by Gasteiger charge is -2.09. The van der Waals surface area contributed by atoms with Gasteiger partial charge in [-0.2, -0.15) is 15.0 Å². The Bertz CT molecular complexity index is 306. The fourth-order valence-electron chi connectivity index (χ4n) is 1.15. The van der Waals surface area contributed by atoms with Gasteiger partial charge in [-0.15, -0.1) is 0 Å². The third-order valence-corrected chi connectivity index (χ3v) is 2.31. The van der Waals surface area contributed by atoms with Gasteiger partial charge in [0, 0.05) is 13.1 Å². The van der Waals surface area contributed by atoms with Crippen LogP contribution in [0.5, 0.6) is 0 Å². The van der Waals surface area contributed by atoms with Crippen molar-refractivity contribution in [3.05, 3.63) is 0 Å². The van der Waals surface area contributed by atoms with Crippen molar-refractivity contribution in [2.75, 3.05) is 33.6 Å². The quantitative estimate of drug-likeness (QED) is 0.380. The van der Waals surface area contributed by atoms with Crippen LogP contribution >= 0.6 is 22.6 Å². The number of anilines is 3. The van der Waals surface area contributed by atoms with E-state index < -0.39 is 0 Å². The standard InChI is InChI=1S/C10H19IN6/c1-3-5-12-8-15-9(13-6-4-2)17-10(16-8)14-7-11/h3-7H2,1-2H3,(H3,12,13,14,15,16,17). The van der Waals surface area contributed by atoms with E-state index in [9.17, 15) is 0 Å². The van der Waals surface area contributed by atoms with Crippen LogP contribution in [0.3, 0.4) is 0 Å². The van der Waals surface area contributed by atoms with E-state index in [-0.39, 0.29) is 0 Å². The normalized spacial score (nSPS) is 10.1. The van der Waals surface area contributed by atoms with Gasteiger partial charge < -0.3 is 16.0 Å². The summed E-state index contributed by atoms with van der Waals surface area (Å²) in [6.45, 7) is 5.94. The van der Waals surface area contributed by atoms with Gasteiger partial charge in [0.15, 0.2) is 0 Å². The molecule has 0 saturated heterocycles. The summed E-state index contributed by atoms with van der Waals surface area (Å²) in [5.41, 5.74) is 0. The molecule has 0 aliphatic carbocycles. The summed E-state index contributed by atoms with van der Waals surface area (Å²) in [6.07, 6.45) is 2.08. The van der Waals surface area contributed by atoms with Crippen molar-refractivity contribution < 1.29 is 0 Å². The number of alkyl halides is 1. The van der Waals surface area contributed by atoms with Gasteiger partial charge in [0.25, 0.3) is 0 Å². The minimum Gasteiger partial charge on any atom is -0.354 e. The Labute approximate surface area is 116 Å². The molecule has 1 rings (SSSR count). The highest BCUT2D eigenvalue weighted by Gasteiger charge is 2.04. The Morgan fingerprint density at radius 3 is 1.59 bits per heavy atom. The lowest BCUT2D eigenvalue weighted by molar-refractivity contribution is 0.918. The fraction of sp³-hybridized carbons (Fsp3) is 0.700. The molecule has 0 spiro atoms. The number of nitrogens with zero attached hydrogens (tertiary/aromatic N) is 3. The minimum absolute atomic E-state index is 0.603. The van der Waals surface area contributed by atoms with Crippen LogP contribution in [0.1, 0.15) is 26.7 Å². The van der Waals surface area contributed by atoms with E-state index in [0.29, 0.717) is 17.8 Å². The van der Waals surface area contributed by atoms with Gasteiger partial charge in [-0.3, -0.25) is 0 Å². The smallest absolute Gasteiger partial charge is 0.229 e. The summed E-state index contributed by atoms with van der Waals surface area (Å²) in [5.74, 6) is 1.84. The van der Waals surface area contributed by atoms with E-state index in [1.807, 2.05) is 0 Å². The number of halogens is 1. The SMILES string of the molecule is CCCNc1nc(NCI)nc(NCCC)n1.